The highest BCUT2D eigenvalue weighted by atomic mass is 79.9. The van der Waals surface area contributed by atoms with Gasteiger partial charge >= 0.3 is 0 Å². The van der Waals surface area contributed by atoms with Crippen LogP contribution in [0.15, 0.2) is 21.2 Å². The number of rotatable bonds is 7. The molecule has 1 aromatic rings. The number of aliphatic hydroxyl groups excluding tert-OH is 1. The summed E-state index contributed by atoms with van der Waals surface area (Å²) in [5.41, 5.74) is -1.09. The van der Waals surface area contributed by atoms with Gasteiger partial charge in [0.1, 0.15) is 23.4 Å². The summed E-state index contributed by atoms with van der Waals surface area (Å²) in [4.78, 5) is 24.6. The van der Waals surface area contributed by atoms with Gasteiger partial charge in [-0.3, -0.25) is 9.59 Å². The van der Waals surface area contributed by atoms with Crippen molar-refractivity contribution in [1.82, 2.24) is 0 Å². The third-order valence-electron chi connectivity index (χ3n) is 4.09. The number of carbonyl (C=O) groups excluding carboxylic acids is 2. The largest absolute Gasteiger partial charge is 0.465 e. The zero-order valence-corrected chi connectivity index (χ0v) is 13.5. The van der Waals surface area contributed by atoms with Gasteiger partial charge in [0.2, 0.25) is 0 Å². The zero-order valence-electron chi connectivity index (χ0n) is 11.9. The highest BCUT2D eigenvalue weighted by Gasteiger charge is 2.50. The Morgan fingerprint density at radius 1 is 1.43 bits per heavy atom. The van der Waals surface area contributed by atoms with Gasteiger partial charge in [-0.15, -0.1) is 0 Å². The Labute approximate surface area is 131 Å². The van der Waals surface area contributed by atoms with Crippen LogP contribution in [0.5, 0.6) is 0 Å². The minimum absolute atomic E-state index is 0.0699. The highest BCUT2D eigenvalue weighted by molar-refractivity contribution is 9.10. The number of halogens is 1. The van der Waals surface area contributed by atoms with Gasteiger partial charge in [0, 0.05) is 33.0 Å². The molecule has 0 radical (unpaired) electrons. The molecule has 116 valence electrons. The van der Waals surface area contributed by atoms with Crippen molar-refractivity contribution in [2.75, 3.05) is 13.7 Å². The molecule has 0 bridgehead atoms. The molecule has 21 heavy (non-hydrogen) atoms. The topological polar surface area (TPSA) is 76.7 Å². The number of hydrogen-bond acceptors (Lipinski definition) is 5. The summed E-state index contributed by atoms with van der Waals surface area (Å²) < 4.78 is 10.9. The van der Waals surface area contributed by atoms with Crippen LogP contribution < -0.4 is 0 Å². The third-order valence-corrected chi connectivity index (χ3v) is 4.74. The Hall–Kier alpha value is -0.980. The van der Waals surface area contributed by atoms with Crippen LogP contribution in [0.1, 0.15) is 44.0 Å². The molecule has 0 spiro atoms. The third kappa shape index (κ3) is 3.27. The average molecular weight is 359 g/mol. The molecule has 0 saturated heterocycles. The molecule has 1 heterocycles. The maximum absolute atomic E-state index is 12.3. The fourth-order valence-electron chi connectivity index (χ4n) is 2.95. The van der Waals surface area contributed by atoms with Crippen molar-refractivity contribution in [2.24, 2.45) is 5.41 Å². The summed E-state index contributed by atoms with van der Waals surface area (Å²) >= 11 is 3.28. The highest BCUT2D eigenvalue weighted by Crippen LogP contribution is 2.44. The summed E-state index contributed by atoms with van der Waals surface area (Å²) in [6.45, 7) is 0.489. The SMILES string of the molecule is COCCCC1(C[C@@H](O)c2occc2Br)C(=O)CCC1=O. The van der Waals surface area contributed by atoms with Crippen LogP contribution in [0.2, 0.25) is 0 Å². The summed E-state index contributed by atoms with van der Waals surface area (Å²) in [5.74, 6) is 0.198. The van der Waals surface area contributed by atoms with E-state index in [9.17, 15) is 14.7 Å². The van der Waals surface area contributed by atoms with Crippen LogP contribution in [0.3, 0.4) is 0 Å². The van der Waals surface area contributed by atoms with Gasteiger partial charge in [0.05, 0.1) is 16.2 Å². The van der Waals surface area contributed by atoms with E-state index in [1.54, 1.807) is 13.2 Å². The maximum Gasteiger partial charge on any atom is 0.146 e. The number of furan rings is 1. The minimum atomic E-state index is -1.09. The molecular formula is C15H19BrO5. The summed E-state index contributed by atoms with van der Waals surface area (Å²) in [6.07, 6.45) is 2.09. The number of ether oxygens (including phenoxy) is 1. The molecule has 5 nitrogen and oxygen atoms in total. The fraction of sp³-hybridized carbons (Fsp3) is 0.600. The Kier molecular flexibility index (Phi) is 5.35. The van der Waals surface area contributed by atoms with Crippen LogP contribution in [0, 0.1) is 5.41 Å². The van der Waals surface area contributed by atoms with Crippen LogP contribution in [-0.4, -0.2) is 30.4 Å². The molecule has 1 aliphatic rings. The molecule has 0 amide bonds. The van der Waals surface area contributed by atoms with Gasteiger partial charge in [-0.05, 0) is 34.8 Å². The molecule has 6 heteroatoms. The molecule has 1 aromatic heterocycles. The molecule has 0 unspecified atom stereocenters. The van der Waals surface area contributed by atoms with E-state index in [0.717, 1.165) is 0 Å². The van der Waals surface area contributed by atoms with Crippen molar-refractivity contribution in [3.05, 3.63) is 22.6 Å². The maximum atomic E-state index is 12.3. The van der Waals surface area contributed by atoms with Gasteiger partial charge in [-0.2, -0.15) is 0 Å². The van der Waals surface area contributed by atoms with E-state index in [4.69, 9.17) is 9.15 Å². The lowest BCUT2D eigenvalue weighted by atomic mass is 9.75. The van der Waals surface area contributed by atoms with E-state index >= 15 is 0 Å². The second-order valence-corrected chi connectivity index (χ2v) is 6.23. The predicted octanol–water partition coefficient (Wildman–Crippen LogP) is 2.81. The Morgan fingerprint density at radius 2 is 2.10 bits per heavy atom. The van der Waals surface area contributed by atoms with Gasteiger partial charge in [0.15, 0.2) is 0 Å². The summed E-state index contributed by atoms with van der Waals surface area (Å²) in [7, 11) is 1.58. The van der Waals surface area contributed by atoms with E-state index in [0.29, 0.717) is 29.7 Å². The van der Waals surface area contributed by atoms with E-state index < -0.39 is 11.5 Å². The normalized spacial score (nSPS) is 19.2. The average Bonchev–Trinajstić information content (AvgIpc) is 2.99. The van der Waals surface area contributed by atoms with Gasteiger partial charge in [-0.1, -0.05) is 0 Å². The molecule has 1 N–H and O–H groups in total. The first kappa shape index (κ1) is 16.4. The molecule has 1 aliphatic carbocycles. The van der Waals surface area contributed by atoms with E-state index in [-0.39, 0.29) is 30.8 Å². The van der Waals surface area contributed by atoms with Crippen molar-refractivity contribution in [3.63, 3.8) is 0 Å². The van der Waals surface area contributed by atoms with Gasteiger partial charge < -0.3 is 14.3 Å². The second-order valence-electron chi connectivity index (χ2n) is 5.38. The van der Waals surface area contributed by atoms with Gasteiger partial charge in [0.25, 0.3) is 0 Å². The minimum Gasteiger partial charge on any atom is -0.465 e. The number of hydrogen-bond donors (Lipinski definition) is 1. The number of aliphatic hydroxyl groups is 1. The first-order valence-electron chi connectivity index (χ1n) is 6.98. The molecule has 1 fully saturated rings. The lowest BCUT2D eigenvalue weighted by Crippen LogP contribution is -2.35. The molecule has 1 saturated carbocycles. The Bertz CT molecular complexity index is 506. The lowest BCUT2D eigenvalue weighted by molar-refractivity contribution is -0.138. The first-order valence-corrected chi connectivity index (χ1v) is 7.77. The Balaban J connectivity index is 2.18. The van der Waals surface area contributed by atoms with Gasteiger partial charge in [-0.25, -0.2) is 0 Å². The molecule has 1 atom stereocenters. The van der Waals surface area contributed by atoms with Crippen molar-refractivity contribution in [2.45, 2.75) is 38.2 Å². The number of ketones is 2. The number of carbonyl (C=O) groups is 2. The molecular weight excluding hydrogens is 340 g/mol. The van der Waals surface area contributed by atoms with Crippen LogP contribution in [0.25, 0.3) is 0 Å². The number of methoxy groups -OCH3 is 1. The number of Topliss-reactive ketones (excluding diaryl/α,β-unsaturated/α-hetero) is 2. The summed E-state index contributed by atoms with van der Waals surface area (Å²) in [6, 6.07) is 1.68. The van der Waals surface area contributed by atoms with E-state index in [2.05, 4.69) is 15.9 Å². The fourth-order valence-corrected chi connectivity index (χ4v) is 3.42. The zero-order chi connectivity index (χ0) is 15.5. The molecule has 0 aromatic carbocycles. The van der Waals surface area contributed by atoms with Crippen LogP contribution in [0.4, 0.5) is 0 Å². The van der Waals surface area contributed by atoms with Crippen LogP contribution in [-0.2, 0) is 14.3 Å². The Morgan fingerprint density at radius 3 is 2.62 bits per heavy atom. The first-order chi connectivity index (χ1) is 10.0. The second kappa shape index (κ2) is 6.85. The van der Waals surface area contributed by atoms with Crippen molar-refractivity contribution in [1.29, 1.82) is 0 Å². The lowest BCUT2D eigenvalue weighted by Gasteiger charge is -2.27. The summed E-state index contributed by atoms with van der Waals surface area (Å²) in [5, 5.41) is 10.3. The van der Waals surface area contributed by atoms with E-state index in [1.807, 2.05) is 0 Å². The van der Waals surface area contributed by atoms with E-state index in [1.165, 1.54) is 6.26 Å². The quantitative estimate of drug-likeness (QED) is 0.598. The van der Waals surface area contributed by atoms with Crippen LogP contribution >= 0.6 is 15.9 Å². The molecule has 2 rings (SSSR count). The monoisotopic (exact) mass is 358 g/mol. The standard InChI is InChI=1S/C15H19BrO5/c1-20-7-2-6-15(12(18)3-4-13(15)19)9-11(17)14-10(16)5-8-21-14/h5,8,11,17H,2-4,6-7,9H2,1H3/t11-/m1/s1. The van der Waals surface area contributed by atoms with Crippen molar-refractivity contribution in [3.8, 4) is 0 Å². The van der Waals surface area contributed by atoms with Crippen molar-refractivity contribution >= 4 is 27.5 Å². The van der Waals surface area contributed by atoms with Crippen molar-refractivity contribution < 1.29 is 23.8 Å². The smallest absolute Gasteiger partial charge is 0.146 e. The predicted molar refractivity (Wildman–Crippen MR) is 78.8 cm³/mol. The molecule has 0 aliphatic heterocycles.